The van der Waals surface area contributed by atoms with Crippen LogP contribution in [0.4, 0.5) is 13.2 Å². The summed E-state index contributed by atoms with van der Waals surface area (Å²) in [5, 5.41) is 13.1. The van der Waals surface area contributed by atoms with E-state index in [1.165, 1.54) is 12.1 Å². The van der Waals surface area contributed by atoms with Crippen molar-refractivity contribution in [2.45, 2.75) is 69.8 Å². The number of alkyl halides is 3. The van der Waals surface area contributed by atoms with Crippen LogP contribution in [0.15, 0.2) is 53.5 Å². The number of nitrogens with one attached hydrogen (secondary N) is 1. The van der Waals surface area contributed by atoms with Gasteiger partial charge in [0.25, 0.3) is 11.8 Å². The Labute approximate surface area is 247 Å². The molecule has 1 spiro atoms. The van der Waals surface area contributed by atoms with Crippen LogP contribution in [-0.2, 0) is 15.8 Å². The zero-order valence-electron chi connectivity index (χ0n) is 22.0. The van der Waals surface area contributed by atoms with Gasteiger partial charge in [0.05, 0.1) is 11.6 Å². The predicted molar refractivity (Wildman–Crippen MR) is 132 cm³/mol. The van der Waals surface area contributed by atoms with Crippen molar-refractivity contribution in [3.8, 4) is 0 Å². The molecule has 2 aromatic carbocycles. The molecule has 0 unspecified atom stereocenters. The first kappa shape index (κ1) is 30.8. The fraction of sp³-hybridized carbons (Fsp3) is 0.429. The average molecular weight is 552 g/mol. The van der Waals surface area contributed by atoms with Gasteiger partial charge in [0.1, 0.15) is 11.4 Å². The van der Waals surface area contributed by atoms with Crippen molar-refractivity contribution < 1.29 is 62.2 Å². The smallest absolute Gasteiger partial charge is 0.550 e. The summed E-state index contributed by atoms with van der Waals surface area (Å²) in [5.74, 6) is -1.99. The Hall–Kier alpha value is -2.69. The van der Waals surface area contributed by atoms with Gasteiger partial charge in [-0.3, -0.25) is 14.6 Å². The van der Waals surface area contributed by atoms with E-state index in [1.54, 1.807) is 29.2 Å². The molecular formula is C28H29F3N3NaO4. The number of rotatable bonds is 8. The second kappa shape index (κ2) is 12.7. The van der Waals surface area contributed by atoms with Crippen LogP contribution in [0.5, 0.6) is 0 Å². The first-order valence-corrected chi connectivity index (χ1v) is 12.7. The number of aliphatic carboxylic acids is 1. The van der Waals surface area contributed by atoms with Gasteiger partial charge in [-0.05, 0) is 61.9 Å². The van der Waals surface area contributed by atoms with E-state index in [1.807, 2.05) is 6.92 Å². The molecule has 1 N–H and O–H groups in total. The van der Waals surface area contributed by atoms with Crippen LogP contribution in [0.25, 0.3) is 0 Å². The summed E-state index contributed by atoms with van der Waals surface area (Å²) in [6, 6.07) is 11.0. The van der Waals surface area contributed by atoms with Gasteiger partial charge in [-0.2, -0.15) is 13.2 Å². The molecular weight excluding hydrogens is 522 g/mol. The fourth-order valence-corrected chi connectivity index (χ4v) is 5.32. The zero-order chi connectivity index (χ0) is 27.5. The maximum atomic E-state index is 13.8. The molecule has 1 heterocycles. The van der Waals surface area contributed by atoms with Gasteiger partial charge in [-0.1, -0.05) is 37.6 Å². The third-order valence-corrected chi connectivity index (χ3v) is 7.20. The Morgan fingerprint density at radius 3 is 2.21 bits per heavy atom. The summed E-state index contributed by atoms with van der Waals surface area (Å²) in [6.07, 6.45) is -0.0723. The Morgan fingerprint density at radius 2 is 1.67 bits per heavy atom. The first-order valence-electron chi connectivity index (χ1n) is 12.7. The number of carbonyl (C=O) groups is 3. The quantitative estimate of drug-likeness (QED) is 0.495. The summed E-state index contributed by atoms with van der Waals surface area (Å²) in [5.41, 5.74) is 0.128. The van der Waals surface area contributed by atoms with Crippen LogP contribution >= 0.6 is 0 Å². The number of carboxylic acid groups (broad SMARTS) is 1. The second-order valence-corrected chi connectivity index (χ2v) is 9.68. The van der Waals surface area contributed by atoms with E-state index in [9.17, 15) is 32.7 Å². The van der Waals surface area contributed by atoms with Gasteiger partial charge in [0, 0.05) is 30.1 Å². The summed E-state index contributed by atoms with van der Waals surface area (Å²) in [7, 11) is 0. The van der Waals surface area contributed by atoms with E-state index in [4.69, 9.17) is 4.99 Å². The Kier molecular flexibility index (Phi) is 10.0. The number of benzene rings is 2. The van der Waals surface area contributed by atoms with Crippen molar-refractivity contribution in [1.82, 2.24) is 10.2 Å². The normalized spacial score (nSPS) is 17.4. The molecule has 11 heteroatoms. The Morgan fingerprint density at radius 1 is 1.05 bits per heavy atom. The zero-order valence-corrected chi connectivity index (χ0v) is 24.0. The van der Waals surface area contributed by atoms with E-state index >= 15 is 0 Å². The summed E-state index contributed by atoms with van der Waals surface area (Å²) >= 11 is 0. The molecule has 0 radical (unpaired) electrons. The van der Waals surface area contributed by atoms with E-state index in [-0.39, 0.29) is 60.2 Å². The van der Waals surface area contributed by atoms with E-state index in [0.717, 1.165) is 37.0 Å². The minimum absolute atomic E-state index is 0. The molecule has 0 aromatic heterocycles. The van der Waals surface area contributed by atoms with Gasteiger partial charge in [-0.15, -0.1) is 0 Å². The molecule has 1 aliphatic carbocycles. The third-order valence-electron chi connectivity index (χ3n) is 7.20. The summed E-state index contributed by atoms with van der Waals surface area (Å²) in [6.45, 7) is 1.90. The SMILES string of the molecule is CC[C@H](c1ccc(C(=O)NCCC(=O)[O-])cc1)N1C(=O)C(c2ccc(C(F)(F)F)cc2)=NC12CCCCC2.[Na+]. The van der Waals surface area contributed by atoms with Crippen molar-refractivity contribution in [3.63, 3.8) is 0 Å². The largest absolute Gasteiger partial charge is 1.00 e. The van der Waals surface area contributed by atoms with E-state index in [0.29, 0.717) is 30.4 Å². The number of carbonyl (C=O) groups excluding carboxylic acids is 3. The van der Waals surface area contributed by atoms with Crippen molar-refractivity contribution in [3.05, 3.63) is 70.8 Å². The Balaban J connectivity index is 0.00000420. The fourth-order valence-electron chi connectivity index (χ4n) is 5.32. The molecule has 0 bridgehead atoms. The minimum atomic E-state index is -4.47. The van der Waals surface area contributed by atoms with Gasteiger partial charge in [0.15, 0.2) is 0 Å². The van der Waals surface area contributed by atoms with Crippen LogP contribution in [-0.4, -0.2) is 40.6 Å². The van der Waals surface area contributed by atoms with Gasteiger partial charge in [-0.25, -0.2) is 0 Å². The molecule has 39 heavy (non-hydrogen) atoms. The molecule has 2 amide bonds. The molecule has 1 aliphatic heterocycles. The molecule has 2 aliphatic rings. The molecule has 4 rings (SSSR count). The predicted octanol–water partition coefficient (Wildman–Crippen LogP) is 1.02. The molecule has 1 saturated carbocycles. The first-order chi connectivity index (χ1) is 18.1. The summed E-state index contributed by atoms with van der Waals surface area (Å²) in [4.78, 5) is 43.4. The van der Waals surface area contributed by atoms with Gasteiger partial charge >= 0.3 is 35.7 Å². The molecule has 1 fully saturated rings. The number of hydrogen-bond donors (Lipinski definition) is 1. The average Bonchev–Trinajstić information content (AvgIpc) is 3.16. The monoisotopic (exact) mass is 551 g/mol. The van der Waals surface area contributed by atoms with Crippen LogP contribution in [0, 0.1) is 0 Å². The van der Waals surface area contributed by atoms with Crippen LogP contribution in [0.3, 0.4) is 0 Å². The standard InChI is InChI=1S/C28H30F3N3O4.Na/c1-2-22(18-6-8-20(9-7-18)25(37)32-17-14-23(35)36)34-26(38)24(33-27(34)15-4-3-5-16-27)19-10-12-21(13-11-19)28(29,30)31;/h6-13,22H,2-5,14-17H2,1H3,(H,32,37)(H,35,36);/q;+1/p-1/t22-;/m1./s1. The topological polar surface area (TPSA) is 102 Å². The minimum Gasteiger partial charge on any atom is -0.550 e. The number of carboxylic acids is 1. The second-order valence-electron chi connectivity index (χ2n) is 9.68. The van der Waals surface area contributed by atoms with Crippen LogP contribution < -0.4 is 40.0 Å². The van der Waals surface area contributed by atoms with Gasteiger partial charge < -0.3 is 20.1 Å². The molecule has 0 saturated heterocycles. The van der Waals surface area contributed by atoms with Crippen LogP contribution in [0.2, 0.25) is 0 Å². The van der Waals surface area contributed by atoms with Crippen molar-refractivity contribution in [1.29, 1.82) is 0 Å². The molecule has 202 valence electrons. The van der Waals surface area contributed by atoms with Crippen LogP contribution in [0.1, 0.15) is 85.0 Å². The van der Waals surface area contributed by atoms with Crippen molar-refractivity contribution in [2.24, 2.45) is 4.99 Å². The number of halogens is 3. The van der Waals surface area contributed by atoms with Crippen molar-refractivity contribution in [2.75, 3.05) is 6.54 Å². The van der Waals surface area contributed by atoms with E-state index in [2.05, 4.69) is 5.32 Å². The number of hydrogen-bond acceptors (Lipinski definition) is 5. The molecule has 1 atom stereocenters. The third kappa shape index (κ3) is 6.73. The maximum absolute atomic E-state index is 13.8. The van der Waals surface area contributed by atoms with Gasteiger partial charge in [0.2, 0.25) is 0 Å². The molecule has 7 nitrogen and oxygen atoms in total. The molecule has 2 aromatic rings. The number of aliphatic imine (C=N–C) groups is 1. The van der Waals surface area contributed by atoms with Crippen molar-refractivity contribution >= 4 is 23.5 Å². The Bertz CT molecular complexity index is 1220. The number of nitrogens with zero attached hydrogens (tertiary/aromatic N) is 2. The summed E-state index contributed by atoms with van der Waals surface area (Å²) < 4.78 is 39.2. The maximum Gasteiger partial charge on any atom is 1.00 e. The number of amides is 2. The van der Waals surface area contributed by atoms with E-state index < -0.39 is 29.3 Å².